The molecule has 4 aromatic rings. The van der Waals surface area contributed by atoms with E-state index in [1.807, 2.05) is 61.5 Å². The van der Waals surface area contributed by atoms with Crippen molar-refractivity contribution >= 4 is 33.4 Å². The zero-order valence-corrected chi connectivity index (χ0v) is 26.5. The molecule has 4 aromatic carbocycles. The van der Waals surface area contributed by atoms with E-state index >= 15 is 0 Å². The molecule has 2 amide bonds. The Morgan fingerprint density at radius 1 is 0.756 bits per heavy atom. The van der Waals surface area contributed by atoms with Crippen molar-refractivity contribution in [3.63, 3.8) is 0 Å². The Morgan fingerprint density at radius 2 is 1.33 bits per heavy atom. The minimum Gasteiger partial charge on any atom is -0.494 e. The first-order chi connectivity index (χ1) is 21.7. The summed E-state index contributed by atoms with van der Waals surface area (Å²) < 4.78 is 34.8. The van der Waals surface area contributed by atoms with Crippen molar-refractivity contribution < 1.29 is 22.7 Å². The minimum atomic E-state index is -4.13. The molecule has 0 aromatic heterocycles. The third-order valence-electron chi connectivity index (χ3n) is 7.05. The topological polar surface area (TPSA) is 140 Å². The van der Waals surface area contributed by atoms with Crippen LogP contribution in [0.4, 0.5) is 0 Å². The highest BCUT2D eigenvalue weighted by Crippen LogP contribution is 2.17. The van der Waals surface area contributed by atoms with Gasteiger partial charge in [-0.25, -0.2) is 8.42 Å². The fraction of sp³-hybridized carbons (Fsp3) is 0.235. The molecule has 4 rings (SSSR count). The molecule has 0 fully saturated rings. The van der Waals surface area contributed by atoms with Gasteiger partial charge in [-0.05, 0) is 72.0 Å². The van der Waals surface area contributed by atoms with Gasteiger partial charge in [0.2, 0.25) is 21.8 Å². The van der Waals surface area contributed by atoms with Gasteiger partial charge in [0, 0.05) is 24.5 Å². The Hall–Kier alpha value is -4.22. The van der Waals surface area contributed by atoms with Gasteiger partial charge in [0.25, 0.3) is 0 Å². The summed E-state index contributed by atoms with van der Waals surface area (Å²) in [6.45, 7) is 3.02. The highest BCUT2D eigenvalue weighted by Gasteiger charge is 2.30. The molecule has 0 aliphatic rings. The van der Waals surface area contributed by atoms with Gasteiger partial charge in [0.15, 0.2) is 0 Å². The quantitative estimate of drug-likeness (QED) is 0.153. The molecule has 236 valence electrons. The van der Waals surface area contributed by atoms with Crippen molar-refractivity contribution in [2.75, 3.05) is 6.61 Å². The van der Waals surface area contributed by atoms with Crippen LogP contribution in [0.25, 0.3) is 0 Å². The number of nitrogens with two attached hydrogens (primary N) is 1. The van der Waals surface area contributed by atoms with E-state index in [2.05, 4.69) is 15.4 Å². The lowest BCUT2D eigenvalue weighted by molar-refractivity contribution is -0.129. The molecule has 45 heavy (non-hydrogen) atoms. The van der Waals surface area contributed by atoms with Crippen molar-refractivity contribution in [1.29, 1.82) is 0 Å². The Morgan fingerprint density at radius 3 is 1.96 bits per heavy atom. The maximum absolute atomic E-state index is 13.9. The van der Waals surface area contributed by atoms with Crippen LogP contribution in [0.1, 0.15) is 29.2 Å². The first kappa shape index (κ1) is 33.7. The van der Waals surface area contributed by atoms with Crippen molar-refractivity contribution in [2.24, 2.45) is 5.73 Å². The molecule has 2 atom stereocenters. The number of rotatable bonds is 15. The molecule has 11 heteroatoms. The van der Waals surface area contributed by atoms with Crippen LogP contribution >= 0.6 is 11.6 Å². The Bertz CT molecular complexity index is 1650. The Kier molecular flexibility index (Phi) is 12.1. The van der Waals surface area contributed by atoms with Crippen LogP contribution in [0, 0.1) is 0 Å². The van der Waals surface area contributed by atoms with Crippen molar-refractivity contribution in [1.82, 2.24) is 15.4 Å². The number of ether oxygens (including phenoxy) is 1. The lowest BCUT2D eigenvalue weighted by Gasteiger charge is -2.24. The molecule has 0 heterocycles. The fourth-order valence-electron chi connectivity index (χ4n) is 4.62. The molecule has 0 saturated carbocycles. The van der Waals surface area contributed by atoms with Gasteiger partial charge in [-0.2, -0.15) is 4.72 Å². The average molecular weight is 649 g/mol. The zero-order valence-electron chi connectivity index (χ0n) is 24.9. The second-order valence-electron chi connectivity index (χ2n) is 10.4. The van der Waals surface area contributed by atoms with Crippen LogP contribution in [-0.2, 0) is 45.5 Å². The molecule has 0 aliphatic carbocycles. The number of halogens is 1. The van der Waals surface area contributed by atoms with Gasteiger partial charge in [-0.3, -0.25) is 9.59 Å². The van der Waals surface area contributed by atoms with E-state index in [0.29, 0.717) is 29.5 Å². The van der Waals surface area contributed by atoms with Crippen LogP contribution in [-0.4, -0.2) is 38.9 Å². The normalized spacial score (nSPS) is 12.6. The molecule has 0 saturated heterocycles. The molecule has 0 bridgehead atoms. The predicted octanol–water partition coefficient (Wildman–Crippen LogP) is 4.13. The number of hydrogen-bond donors (Lipinski definition) is 4. The predicted molar refractivity (Wildman–Crippen MR) is 175 cm³/mol. The smallest absolute Gasteiger partial charge is 0.243 e. The van der Waals surface area contributed by atoms with E-state index in [9.17, 15) is 18.0 Å². The third-order valence-corrected chi connectivity index (χ3v) is 8.79. The SMILES string of the molecule is CCOc1ccc(CC(NS(=O)(=O)c2ccc(Cl)cc2)C(=O)NC(Cc2ccccc2)C(=O)NCc2ccc(CN)cc2)cc1. The number of amides is 2. The van der Waals surface area contributed by atoms with Crippen LogP contribution in [0.5, 0.6) is 5.75 Å². The molecule has 9 nitrogen and oxygen atoms in total. The second-order valence-corrected chi connectivity index (χ2v) is 12.5. The van der Waals surface area contributed by atoms with E-state index in [4.69, 9.17) is 22.1 Å². The van der Waals surface area contributed by atoms with E-state index in [0.717, 1.165) is 16.7 Å². The summed E-state index contributed by atoms with van der Waals surface area (Å²) in [5.41, 5.74) is 9.05. The van der Waals surface area contributed by atoms with E-state index in [1.54, 1.807) is 24.3 Å². The maximum atomic E-state index is 13.9. The molecule has 0 aliphatic heterocycles. The standard InChI is InChI=1S/C34H37ClN4O5S/c1-2-44-29-16-12-25(13-17-29)21-32(39-45(42,43)30-18-14-28(35)15-19-30)34(41)38-31(20-24-6-4-3-5-7-24)33(40)37-23-27-10-8-26(22-36)9-11-27/h3-19,31-32,39H,2,20-23,36H2,1H3,(H,37,40)(H,38,41). The first-order valence-corrected chi connectivity index (χ1v) is 16.4. The van der Waals surface area contributed by atoms with Crippen molar-refractivity contribution in [3.8, 4) is 5.75 Å². The summed E-state index contributed by atoms with van der Waals surface area (Å²) >= 11 is 5.96. The fourth-order valence-corrected chi connectivity index (χ4v) is 5.94. The number of nitrogens with one attached hydrogen (secondary N) is 3. The Labute approximate surface area is 269 Å². The summed E-state index contributed by atoms with van der Waals surface area (Å²) in [7, 11) is -4.13. The zero-order chi connectivity index (χ0) is 32.2. The van der Waals surface area contributed by atoms with Crippen LogP contribution < -0.4 is 25.8 Å². The van der Waals surface area contributed by atoms with E-state index in [1.165, 1.54) is 24.3 Å². The molecule has 0 radical (unpaired) electrons. The molecule has 0 spiro atoms. The second kappa shape index (κ2) is 16.2. The van der Waals surface area contributed by atoms with Crippen LogP contribution in [0.3, 0.4) is 0 Å². The van der Waals surface area contributed by atoms with Crippen molar-refractivity contribution in [3.05, 3.63) is 130 Å². The highest BCUT2D eigenvalue weighted by atomic mass is 35.5. The molecular formula is C34H37ClN4O5S. The molecule has 5 N–H and O–H groups in total. The average Bonchev–Trinajstić information content (AvgIpc) is 3.05. The summed E-state index contributed by atoms with van der Waals surface area (Å²) in [4.78, 5) is 27.3. The third kappa shape index (κ3) is 10.2. The largest absolute Gasteiger partial charge is 0.494 e. The lowest BCUT2D eigenvalue weighted by Crippen LogP contribution is -2.55. The van der Waals surface area contributed by atoms with Crippen LogP contribution in [0.15, 0.2) is 108 Å². The van der Waals surface area contributed by atoms with Crippen LogP contribution in [0.2, 0.25) is 5.02 Å². The number of hydrogen-bond acceptors (Lipinski definition) is 6. The summed E-state index contributed by atoms with van der Waals surface area (Å²) in [5.74, 6) is -0.401. The monoisotopic (exact) mass is 648 g/mol. The van der Waals surface area contributed by atoms with Crippen molar-refractivity contribution in [2.45, 2.75) is 49.8 Å². The first-order valence-electron chi connectivity index (χ1n) is 14.6. The van der Waals surface area contributed by atoms with Gasteiger partial charge in [-0.15, -0.1) is 0 Å². The van der Waals surface area contributed by atoms with Gasteiger partial charge in [0.1, 0.15) is 17.8 Å². The minimum absolute atomic E-state index is 0.0260. The summed E-state index contributed by atoms with van der Waals surface area (Å²) in [6.07, 6.45) is 0.225. The molecule has 2 unspecified atom stereocenters. The number of carbonyl (C=O) groups is 2. The van der Waals surface area contributed by atoms with Gasteiger partial charge in [0.05, 0.1) is 11.5 Å². The number of sulfonamides is 1. The van der Waals surface area contributed by atoms with E-state index in [-0.39, 0.29) is 24.3 Å². The molecular weight excluding hydrogens is 612 g/mol. The van der Waals surface area contributed by atoms with Gasteiger partial charge < -0.3 is 21.1 Å². The van der Waals surface area contributed by atoms with Gasteiger partial charge in [-0.1, -0.05) is 78.3 Å². The number of carbonyl (C=O) groups excluding carboxylic acids is 2. The van der Waals surface area contributed by atoms with Gasteiger partial charge >= 0.3 is 0 Å². The number of benzene rings is 4. The lowest BCUT2D eigenvalue weighted by atomic mass is 10.0. The summed E-state index contributed by atoms with van der Waals surface area (Å²) in [5, 5.41) is 6.09. The highest BCUT2D eigenvalue weighted by molar-refractivity contribution is 7.89. The Balaban J connectivity index is 1.57. The van der Waals surface area contributed by atoms with E-state index < -0.39 is 33.9 Å². The summed E-state index contributed by atoms with van der Waals surface area (Å²) in [6, 6.07) is 27.3. The maximum Gasteiger partial charge on any atom is 0.243 e.